The van der Waals surface area contributed by atoms with Crippen molar-refractivity contribution in [2.45, 2.75) is 45.7 Å². The van der Waals surface area contributed by atoms with Crippen LogP contribution in [0.3, 0.4) is 0 Å². The zero-order chi connectivity index (χ0) is 11.7. The van der Waals surface area contributed by atoms with Gasteiger partial charge in [-0.05, 0) is 25.8 Å². The highest BCUT2D eigenvalue weighted by Crippen LogP contribution is 2.32. The van der Waals surface area contributed by atoms with Gasteiger partial charge in [-0.25, -0.2) is 0 Å². The van der Waals surface area contributed by atoms with E-state index in [9.17, 15) is 0 Å². The summed E-state index contributed by atoms with van der Waals surface area (Å²) in [7, 11) is 2.18. The predicted octanol–water partition coefficient (Wildman–Crippen LogP) is 1.47. The highest BCUT2D eigenvalue weighted by Gasteiger charge is 2.41. The lowest BCUT2D eigenvalue weighted by Gasteiger charge is -2.45. The van der Waals surface area contributed by atoms with Crippen molar-refractivity contribution in [3.63, 3.8) is 0 Å². The molecule has 1 fully saturated rings. The van der Waals surface area contributed by atoms with E-state index in [2.05, 4.69) is 39.6 Å². The molecule has 0 amide bonds. The van der Waals surface area contributed by atoms with E-state index in [1.54, 1.807) is 0 Å². The second kappa shape index (κ2) is 4.40. The fourth-order valence-electron chi connectivity index (χ4n) is 2.17. The second-order valence-electron chi connectivity index (χ2n) is 5.88. The Labute approximate surface area is 94.0 Å². The third kappa shape index (κ3) is 2.52. The average molecular weight is 214 g/mol. The van der Waals surface area contributed by atoms with Crippen LogP contribution in [0, 0.1) is 5.41 Å². The molecule has 2 unspecified atom stereocenters. The van der Waals surface area contributed by atoms with Crippen LogP contribution in [-0.4, -0.2) is 43.3 Å². The minimum absolute atomic E-state index is 0.0622. The van der Waals surface area contributed by atoms with Gasteiger partial charge in [-0.1, -0.05) is 20.8 Å². The van der Waals surface area contributed by atoms with Gasteiger partial charge in [0.25, 0.3) is 0 Å². The van der Waals surface area contributed by atoms with Crippen molar-refractivity contribution < 1.29 is 4.74 Å². The van der Waals surface area contributed by atoms with Crippen LogP contribution in [0.2, 0.25) is 0 Å². The first-order chi connectivity index (χ1) is 6.83. The third-order valence-electron chi connectivity index (χ3n) is 4.04. The first kappa shape index (κ1) is 12.9. The van der Waals surface area contributed by atoms with Gasteiger partial charge < -0.3 is 10.5 Å². The number of ether oxygens (including phenoxy) is 1. The van der Waals surface area contributed by atoms with E-state index in [-0.39, 0.29) is 11.0 Å². The van der Waals surface area contributed by atoms with E-state index >= 15 is 0 Å². The Morgan fingerprint density at radius 1 is 1.47 bits per heavy atom. The molecule has 3 heteroatoms. The molecule has 0 radical (unpaired) electrons. The quantitative estimate of drug-likeness (QED) is 0.773. The second-order valence-corrected chi connectivity index (χ2v) is 5.88. The summed E-state index contributed by atoms with van der Waals surface area (Å²) in [6.45, 7) is 11.4. The first-order valence-electron chi connectivity index (χ1n) is 5.84. The van der Waals surface area contributed by atoms with E-state index < -0.39 is 0 Å². The van der Waals surface area contributed by atoms with E-state index in [1.807, 2.05) is 0 Å². The van der Waals surface area contributed by atoms with Crippen molar-refractivity contribution in [3.05, 3.63) is 0 Å². The topological polar surface area (TPSA) is 38.5 Å². The molecule has 0 bridgehead atoms. The fraction of sp³-hybridized carbons (Fsp3) is 1.00. The van der Waals surface area contributed by atoms with Gasteiger partial charge in [0, 0.05) is 19.2 Å². The van der Waals surface area contributed by atoms with Gasteiger partial charge in [-0.15, -0.1) is 0 Å². The molecule has 90 valence electrons. The molecule has 0 aromatic heterocycles. The zero-order valence-corrected chi connectivity index (χ0v) is 10.8. The molecule has 0 aromatic rings. The predicted molar refractivity (Wildman–Crippen MR) is 63.9 cm³/mol. The van der Waals surface area contributed by atoms with Crippen molar-refractivity contribution in [2.75, 3.05) is 26.8 Å². The Bertz CT molecular complexity index is 204. The summed E-state index contributed by atoms with van der Waals surface area (Å²) in [5.41, 5.74) is 6.27. The first-order valence-corrected chi connectivity index (χ1v) is 5.84. The van der Waals surface area contributed by atoms with Crippen LogP contribution in [0.25, 0.3) is 0 Å². The molecule has 2 atom stereocenters. The van der Waals surface area contributed by atoms with Crippen LogP contribution < -0.4 is 5.73 Å². The Kier molecular flexibility index (Phi) is 3.80. The van der Waals surface area contributed by atoms with Gasteiger partial charge in [0.2, 0.25) is 0 Å². The molecule has 2 N–H and O–H groups in total. The molecule has 0 saturated carbocycles. The minimum Gasteiger partial charge on any atom is -0.379 e. The number of likely N-dealkylation sites (N-methyl/N-ethyl adjacent to an activating group) is 1. The monoisotopic (exact) mass is 214 g/mol. The standard InChI is InChI=1S/C12H26N2O/c1-10(11(2,3)4)14(5)12(8-13)6-7-15-9-12/h10H,6-9,13H2,1-5H3. The molecule has 0 aliphatic carbocycles. The lowest BCUT2D eigenvalue weighted by Crippen LogP contribution is -2.58. The summed E-state index contributed by atoms with van der Waals surface area (Å²) in [5, 5.41) is 0. The number of nitrogens with two attached hydrogens (primary N) is 1. The molecular formula is C12H26N2O. The van der Waals surface area contributed by atoms with Crippen LogP contribution in [0.1, 0.15) is 34.1 Å². The highest BCUT2D eigenvalue weighted by atomic mass is 16.5. The summed E-state index contributed by atoms with van der Waals surface area (Å²) >= 11 is 0. The summed E-state index contributed by atoms with van der Waals surface area (Å²) in [6, 6.07) is 0.503. The van der Waals surface area contributed by atoms with Gasteiger partial charge in [0.1, 0.15) is 0 Å². The Hall–Kier alpha value is -0.120. The van der Waals surface area contributed by atoms with Crippen molar-refractivity contribution in [1.29, 1.82) is 0 Å². The van der Waals surface area contributed by atoms with E-state index in [0.717, 1.165) is 19.6 Å². The molecule has 1 heterocycles. The van der Waals surface area contributed by atoms with Gasteiger partial charge in [0.15, 0.2) is 0 Å². The number of hydrogen-bond donors (Lipinski definition) is 1. The van der Waals surface area contributed by atoms with Gasteiger partial charge >= 0.3 is 0 Å². The van der Waals surface area contributed by atoms with Crippen molar-refractivity contribution >= 4 is 0 Å². The maximum absolute atomic E-state index is 5.93. The van der Waals surface area contributed by atoms with E-state index in [4.69, 9.17) is 10.5 Å². The van der Waals surface area contributed by atoms with E-state index in [1.165, 1.54) is 0 Å². The van der Waals surface area contributed by atoms with Crippen molar-refractivity contribution in [3.8, 4) is 0 Å². The zero-order valence-electron chi connectivity index (χ0n) is 10.8. The van der Waals surface area contributed by atoms with Gasteiger partial charge in [-0.2, -0.15) is 0 Å². The molecule has 1 rings (SSSR count). The molecule has 1 saturated heterocycles. The maximum Gasteiger partial charge on any atom is 0.0663 e. The Balaban J connectivity index is 2.77. The summed E-state index contributed by atoms with van der Waals surface area (Å²) in [6.07, 6.45) is 1.06. The van der Waals surface area contributed by atoms with Crippen molar-refractivity contribution in [1.82, 2.24) is 4.90 Å². The lowest BCUT2D eigenvalue weighted by atomic mass is 9.83. The van der Waals surface area contributed by atoms with Crippen LogP contribution in [0.5, 0.6) is 0 Å². The largest absolute Gasteiger partial charge is 0.379 e. The molecule has 1 aliphatic rings. The van der Waals surface area contributed by atoms with Crippen LogP contribution in [0.4, 0.5) is 0 Å². The normalized spacial score (nSPS) is 29.8. The van der Waals surface area contributed by atoms with Crippen LogP contribution >= 0.6 is 0 Å². The SMILES string of the molecule is CC(N(C)C1(CN)CCOC1)C(C)(C)C. The minimum atomic E-state index is 0.0622. The maximum atomic E-state index is 5.93. The number of rotatable bonds is 3. The molecule has 1 aliphatic heterocycles. The Morgan fingerprint density at radius 3 is 2.40 bits per heavy atom. The number of hydrogen-bond acceptors (Lipinski definition) is 3. The lowest BCUT2D eigenvalue weighted by molar-refractivity contribution is 0.0229. The number of nitrogens with zero attached hydrogens (tertiary/aromatic N) is 1. The smallest absolute Gasteiger partial charge is 0.0663 e. The fourth-order valence-corrected chi connectivity index (χ4v) is 2.17. The molecule has 3 nitrogen and oxygen atoms in total. The summed E-state index contributed by atoms with van der Waals surface area (Å²) in [4.78, 5) is 2.42. The molecule has 15 heavy (non-hydrogen) atoms. The average Bonchev–Trinajstić information content (AvgIpc) is 2.63. The summed E-state index contributed by atoms with van der Waals surface area (Å²) in [5.74, 6) is 0. The van der Waals surface area contributed by atoms with E-state index in [0.29, 0.717) is 12.6 Å². The third-order valence-corrected chi connectivity index (χ3v) is 4.04. The van der Waals surface area contributed by atoms with Crippen LogP contribution in [-0.2, 0) is 4.74 Å². The van der Waals surface area contributed by atoms with Gasteiger partial charge in [0.05, 0.1) is 12.1 Å². The summed E-state index contributed by atoms with van der Waals surface area (Å²) < 4.78 is 5.51. The highest BCUT2D eigenvalue weighted by molar-refractivity contribution is 4.97. The van der Waals surface area contributed by atoms with Gasteiger partial charge in [-0.3, -0.25) is 4.90 Å². The molecular weight excluding hydrogens is 188 g/mol. The Morgan fingerprint density at radius 2 is 2.07 bits per heavy atom. The molecule has 0 aromatic carbocycles. The van der Waals surface area contributed by atoms with Crippen molar-refractivity contribution in [2.24, 2.45) is 11.1 Å². The van der Waals surface area contributed by atoms with Crippen LogP contribution in [0.15, 0.2) is 0 Å². The molecule has 0 spiro atoms.